The third kappa shape index (κ3) is 5.66. The van der Waals surface area contributed by atoms with Gasteiger partial charge in [0.25, 0.3) is 15.9 Å². The van der Waals surface area contributed by atoms with E-state index < -0.39 is 15.8 Å². The van der Waals surface area contributed by atoms with Crippen molar-refractivity contribution in [3.63, 3.8) is 0 Å². The summed E-state index contributed by atoms with van der Waals surface area (Å²) in [5, 5.41) is 5.45. The second kappa shape index (κ2) is 9.29. The van der Waals surface area contributed by atoms with Crippen LogP contribution in [-0.2, 0) is 26.0 Å². The molecule has 3 N–H and O–H groups in total. The van der Waals surface area contributed by atoms with Gasteiger partial charge in [-0.05, 0) is 78.7 Å². The Balaban J connectivity index is 1.31. The van der Waals surface area contributed by atoms with Crippen LogP contribution in [0.3, 0.4) is 0 Å². The Hall–Kier alpha value is -3.92. The third-order valence-electron chi connectivity index (χ3n) is 4.89. The van der Waals surface area contributed by atoms with E-state index in [0.717, 1.165) is 23.4 Å². The third-order valence-corrected chi connectivity index (χ3v) is 6.28. The maximum atomic E-state index is 13.0. The van der Waals surface area contributed by atoms with Gasteiger partial charge in [-0.25, -0.2) is 12.8 Å². The van der Waals surface area contributed by atoms with E-state index in [2.05, 4.69) is 15.4 Å². The number of benzene rings is 3. The molecule has 0 aliphatic carbocycles. The van der Waals surface area contributed by atoms with Crippen LogP contribution in [0.1, 0.15) is 12.0 Å². The maximum Gasteiger partial charge on any atom is 0.262 e. The van der Waals surface area contributed by atoms with Crippen molar-refractivity contribution in [2.75, 3.05) is 22.0 Å². The monoisotopic (exact) mass is 469 g/mol. The number of fused-ring (bicyclic) bond motifs is 1. The lowest BCUT2D eigenvalue weighted by Gasteiger charge is -2.17. The standard InChI is InChI=1S/C23H20FN3O5S/c24-16-2-9-20(10-3-16)33(30,31)27-18-6-4-17(5-7-18)25-23(29)14-32-19-8-11-21-15(13-19)1-12-22(28)26-21/h2-11,13,27H,1,12,14H2,(H,25,29)(H,26,28). The number of amides is 2. The van der Waals surface area contributed by atoms with Gasteiger partial charge >= 0.3 is 0 Å². The molecule has 3 aromatic carbocycles. The summed E-state index contributed by atoms with van der Waals surface area (Å²) in [5.74, 6) is -0.422. The first-order valence-corrected chi connectivity index (χ1v) is 11.5. The number of rotatable bonds is 7. The fourth-order valence-corrected chi connectivity index (χ4v) is 4.30. The van der Waals surface area contributed by atoms with Crippen LogP contribution in [-0.4, -0.2) is 26.8 Å². The van der Waals surface area contributed by atoms with Gasteiger partial charge in [0.2, 0.25) is 5.91 Å². The summed E-state index contributed by atoms with van der Waals surface area (Å²) in [6, 6.07) is 15.8. The molecule has 0 saturated heterocycles. The van der Waals surface area contributed by atoms with Gasteiger partial charge in [0.05, 0.1) is 4.90 Å². The van der Waals surface area contributed by atoms with E-state index in [4.69, 9.17) is 4.74 Å². The van der Waals surface area contributed by atoms with Crippen molar-refractivity contribution >= 4 is 38.9 Å². The second-order valence-corrected chi connectivity index (χ2v) is 9.02. The number of carbonyl (C=O) groups is 2. The molecule has 0 fully saturated rings. The Bertz CT molecular complexity index is 1290. The Morgan fingerprint density at radius 3 is 2.39 bits per heavy atom. The molecule has 8 nitrogen and oxygen atoms in total. The number of anilines is 3. The zero-order valence-electron chi connectivity index (χ0n) is 17.3. The highest BCUT2D eigenvalue weighted by molar-refractivity contribution is 7.92. The highest BCUT2D eigenvalue weighted by atomic mass is 32.2. The first kappa shape index (κ1) is 22.3. The zero-order valence-corrected chi connectivity index (χ0v) is 18.1. The fourth-order valence-electron chi connectivity index (χ4n) is 3.24. The van der Waals surface area contributed by atoms with Gasteiger partial charge in [-0.15, -0.1) is 0 Å². The van der Waals surface area contributed by atoms with E-state index >= 15 is 0 Å². The zero-order chi connectivity index (χ0) is 23.4. The number of halogens is 1. The van der Waals surface area contributed by atoms with Crippen LogP contribution in [0.2, 0.25) is 0 Å². The summed E-state index contributed by atoms with van der Waals surface area (Å²) >= 11 is 0. The summed E-state index contributed by atoms with van der Waals surface area (Å²) in [5.41, 5.74) is 2.44. The number of hydrogen-bond acceptors (Lipinski definition) is 5. The van der Waals surface area contributed by atoms with Crippen LogP contribution in [0.5, 0.6) is 5.75 Å². The minimum atomic E-state index is -3.86. The maximum absolute atomic E-state index is 13.0. The summed E-state index contributed by atoms with van der Waals surface area (Å²) < 4.78 is 45.7. The van der Waals surface area contributed by atoms with Gasteiger partial charge in [0.15, 0.2) is 6.61 Å². The molecule has 1 aliphatic rings. The van der Waals surface area contributed by atoms with Gasteiger partial charge in [0.1, 0.15) is 11.6 Å². The highest BCUT2D eigenvalue weighted by Gasteiger charge is 2.16. The summed E-state index contributed by atoms with van der Waals surface area (Å²) in [6.45, 7) is -0.218. The Labute approximate surface area is 189 Å². The van der Waals surface area contributed by atoms with Crippen molar-refractivity contribution in [2.45, 2.75) is 17.7 Å². The molecule has 170 valence electrons. The summed E-state index contributed by atoms with van der Waals surface area (Å²) in [4.78, 5) is 23.6. The number of carbonyl (C=O) groups excluding carboxylic acids is 2. The number of aryl methyl sites for hydroxylation is 1. The molecule has 10 heteroatoms. The van der Waals surface area contributed by atoms with E-state index in [-0.39, 0.29) is 29.0 Å². The molecule has 0 radical (unpaired) electrons. The van der Waals surface area contributed by atoms with Crippen LogP contribution >= 0.6 is 0 Å². The van der Waals surface area contributed by atoms with Crippen molar-refractivity contribution in [2.24, 2.45) is 0 Å². The Kier molecular flexibility index (Phi) is 6.27. The van der Waals surface area contributed by atoms with Crippen LogP contribution in [0.25, 0.3) is 0 Å². The number of sulfonamides is 1. The van der Waals surface area contributed by atoms with Crippen LogP contribution in [0.4, 0.5) is 21.5 Å². The molecular weight excluding hydrogens is 449 g/mol. The van der Waals surface area contributed by atoms with Crippen LogP contribution in [0, 0.1) is 5.82 Å². The predicted octanol–water partition coefficient (Wildman–Crippen LogP) is 3.53. The Morgan fingerprint density at radius 2 is 1.67 bits per heavy atom. The lowest BCUT2D eigenvalue weighted by atomic mass is 10.0. The molecule has 0 unspecified atom stereocenters. The predicted molar refractivity (Wildman–Crippen MR) is 121 cm³/mol. The van der Waals surface area contributed by atoms with Gasteiger partial charge in [-0.3, -0.25) is 14.3 Å². The van der Waals surface area contributed by atoms with E-state index in [0.29, 0.717) is 24.3 Å². The van der Waals surface area contributed by atoms with Gasteiger partial charge in [-0.1, -0.05) is 0 Å². The first-order chi connectivity index (χ1) is 15.8. The Morgan fingerprint density at radius 1 is 0.970 bits per heavy atom. The molecule has 2 amide bonds. The molecule has 33 heavy (non-hydrogen) atoms. The molecule has 1 aliphatic heterocycles. The number of nitrogens with one attached hydrogen (secondary N) is 3. The average Bonchev–Trinajstić information content (AvgIpc) is 2.79. The summed E-state index contributed by atoms with van der Waals surface area (Å²) in [7, 11) is -3.86. The van der Waals surface area contributed by atoms with Crippen molar-refractivity contribution in [1.82, 2.24) is 0 Å². The van der Waals surface area contributed by atoms with Crippen molar-refractivity contribution < 1.29 is 27.1 Å². The van der Waals surface area contributed by atoms with Crippen molar-refractivity contribution in [3.8, 4) is 5.75 Å². The van der Waals surface area contributed by atoms with Crippen molar-refractivity contribution in [3.05, 3.63) is 78.1 Å². The molecule has 0 atom stereocenters. The van der Waals surface area contributed by atoms with E-state index in [1.54, 1.807) is 30.3 Å². The van der Waals surface area contributed by atoms with E-state index in [1.807, 2.05) is 0 Å². The quantitative estimate of drug-likeness (QED) is 0.490. The molecule has 0 aromatic heterocycles. The molecular formula is C23H20FN3O5S. The molecule has 0 bridgehead atoms. The smallest absolute Gasteiger partial charge is 0.262 e. The van der Waals surface area contributed by atoms with Gasteiger partial charge < -0.3 is 15.4 Å². The molecule has 0 saturated carbocycles. The minimum absolute atomic E-state index is 0.0233. The van der Waals surface area contributed by atoms with Crippen LogP contribution in [0.15, 0.2) is 71.6 Å². The number of ether oxygens (including phenoxy) is 1. The highest BCUT2D eigenvalue weighted by Crippen LogP contribution is 2.27. The fraction of sp³-hybridized carbons (Fsp3) is 0.130. The normalized spacial score (nSPS) is 12.9. The molecule has 1 heterocycles. The van der Waals surface area contributed by atoms with Gasteiger partial charge in [0, 0.05) is 23.5 Å². The number of hydrogen-bond donors (Lipinski definition) is 3. The van der Waals surface area contributed by atoms with Crippen LogP contribution < -0.4 is 20.1 Å². The molecule has 3 aromatic rings. The molecule has 0 spiro atoms. The first-order valence-electron chi connectivity index (χ1n) is 10.0. The largest absolute Gasteiger partial charge is 0.484 e. The minimum Gasteiger partial charge on any atom is -0.484 e. The topological polar surface area (TPSA) is 114 Å². The SMILES string of the molecule is O=C(COc1ccc2c(c1)CCC(=O)N2)Nc1ccc(NS(=O)(=O)c2ccc(F)cc2)cc1. The van der Waals surface area contributed by atoms with Gasteiger partial charge in [-0.2, -0.15) is 0 Å². The average molecular weight is 469 g/mol. The van der Waals surface area contributed by atoms with Crippen molar-refractivity contribution in [1.29, 1.82) is 0 Å². The lowest BCUT2D eigenvalue weighted by Crippen LogP contribution is -2.21. The summed E-state index contributed by atoms with van der Waals surface area (Å²) in [6.07, 6.45) is 1.02. The van der Waals surface area contributed by atoms with E-state index in [9.17, 15) is 22.4 Å². The second-order valence-electron chi connectivity index (χ2n) is 7.34. The van der Waals surface area contributed by atoms with E-state index in [1.165, 1.54) is 24.3 Å². The lowest BCUT2D eigenvalue weighted by molar-refractivity contribution is -0.118. The molecule has 4 rings (SSSR count).